The SMILES string of the molecule is [2H]c1c([2H])c([2H])c(-c2cccc(-c3cc(C(C)(C)C)cc(C(C)(C)C)c3)c2N2CN(c3ccc(C([2H])([2H])[2H])c(Oc4ccc(-c5c([2H])c([2H])c([2H])c([2H])c5Nc5cc(C([2H])([2H])[2H])c(-c6ccc7c(c6)C(C)(C)CCC7(C)C)cn5)cc4)c3)c3ccccc32)c([2H])c1[2H]. The fraction of sp³-hybridized carbons (Fsp3) is 0.264. The third-order valence-electron chi connectivity index (χ3n) is 15.5. The monoisotopic (exact) mass is 1030 g/mol. The van der Waals surface area contributed by atoms with Gasteiger partial charge in [-0.1, -0.05) is 203 Å². The van der Waals surface area contributed by atoms with Crippen LogP contribution in [0.25, 0.3) is 44.5 Å². The summed E-state index contributed by atoms with van der Waals surface area (Å²) < 4.78 is 139. The molecule has 0 bridgehead atoms. The zero-order chi connectivity index (χ0) is 66.9. The molecule has 2 aliphatic rings. The molecule has 0 radical (unpaired) electrons. The van der Waals surface area contributed by atoms with E-state index in [0.29, 0.717) is 33.6 Å². The fourth-order valence-electron chi connectivity index (χ4n) is 10.8. The van der Waals surface area contributed by atoms with Crippen LogP contribution in [-0.4, -0.2) is 11.7 Å². The van der Waals surface area contributed by atoms with Crippen LogP contribution in [0.2, 0.25) is 0 Å². The average Bonchev–Trinajstić information content (AvgIpc) is 1.28. The lowest BCUT2D eigenvalue weighted by Gasteiger charge is -2.42. The van der Waals surface area contributed by atoms with E-state index >= 15 is 0 Å². The zero-order valence-electron chi connectivity index (χ0n) is 60.6. The van der Waals surface area contributed by atoms with Crippen molar-refractivity contribution in [1.82, 2.24) is 4.98 Å². The van der Waals surface area contributed by atoms with Crippen LogP contribution in [0.3, 0.4) is 0 Å². The minimum atomic E-state index is -2.65. The molecule has 0 atom stereocenters. The zero-order valence-corrected chi connectivity index (χ0v) is 45.6. The van der Waals surface area contributed by atoms with Crippen molar-refractivity contribution in [3.63, 3.8) is 0 Å². The third kappa shape index (κ3) is 10.0. The number of nitrogens with zero attached hydrogens (tertiary/aromatic N) is 3. The summed E-state index contributed by atoms with van der Waals surface area (Å²) >= 11 is 0. The van der Waals surface area contributed by atoms with Gasteiger partial charge >= 0.3 is 0 Å². The van der Waals surface area contributed by atoms with E-state index in [1.807, 2.05) is 47.4 Å². The first kappa shape index (κ1) is 36.2. The maximum atomic E-state index is 9.27. The van der Waals surface area contributed by atoms with Gasteiger partial charge in [0, 0.05) is 54.1 Å². The predicted molar refractivity (Wildman–Crippen MR) is 326 cm³/mol. The van der Waals surface area contributed by atoms with Crippen LogP contribution in [0.4, 0.5) is 34.3 Å². The number of nitrogens with one attached hydrogen (secondary N) is 1. The minimum absolute atomic E-state index is 0.00612. The predicted octanol–water partition coefficient (Wildman–Crippen LogP) is 20.1. The fourth-order valence-corrected chi connectivity index (χ4v) is 10.8. The number of anilines is 6. The molecule has 1 aliphatic carbocycles. The standard InChI is InChI=1S/C72H74N4O/c1-47-29-33-55(75-46-76(65-28-19-18-27-64(65)75)68-58(49-21-14-13-15-22-49)24-20-25-59(68)52-40-53(69(3,4)5)43-54(41-52)70(6,7)8)44-66(47)77-56-34-30-50(31-35-56)57-23-16-17-26-63(57)74-67-39-48(2)60(45-73-67)51-32-36-61-62(42-51)72(11,12)38-37-71(61,9)10/h13-36,39-45H,37-38,46H2,1-12H3,(H,73,74)/i1D3,2D3,13D,14D,15D,16D,17D,21D,22D,23D,26D. The normalized spacial score (nSPS) is 17.9. The molecular weight excluding hydrogens is 937 g/mol. The lowest BCUT2D eigenvalue weighted by atomic mass is 9.63. The minimum Gasteiger partial charge on any atom is -0.457 e. The van der Waals surface area contributed by atoms with E-state index in [1.165, 1.54) is 23.9 Å². The molecule has 5 nitrogen and oxygen atoms in total. The Morgan fingerprint density at radius 1 is 0.545 bits per heavy atom. The van der Waals surface area contributed by atoms with E-state index < -0.39 is 50.0 Å². The van der Waals surface area contributed by atoms with Gasteiger partial charge in [0.05, 0.1) is 29.4 Å². The van der Waals surface area contributed by atoms with Gasteiger partial charge in [0.2, 0.25) is 0 Å². The van der Waals surface area contributed by atoms with Gasteiger partial charge in [-0.3, -0.25) is 0 Å². The van der Waals surface area contributed by atoms with Gasteiger partial charge in [0.1, 0.15) is 24.0 Å². The van der Waals surface area contributed by atoms with Gasteiger partial charge in [0.15, 0.2) is 0 Å². The van der Waals surface area contributed by atoms with Gasteiger partial charge in [-0.25, -0.2) is 4.98 Å². The summed E-state index contributed by atoms with van der Waals surface area (Å²) in [6, 6.07) is 34.6. The Hall–Kier alpha value is -7.89. The van der Waals surface area contributed by atoms with Crippen LogP contribution in [0.1, 0.15) is 136 Å². The highest BCUT2D eigenvalue weighted by atomic mass is 16.5. The van der Waals surface area contributed by atoms with Gasteiger partial charge in [-0.15, -0.1) is 0 Å². The molecule has 1 N–H and O–H groups in total. The van der Waals surface area contributed by atoms with Crippen LogP contribution in [-0.2, 0) is 21.7 Å². The van der Waals surface area contributed by atoms with Crippen molar-refractivity contribution in [3.8, 4) is 56.0 Å². The molecule has 8 aromatic carbocycles. The highest BCUT2D eigenvalue weighted by Crippen LogP contribution is 2.52. The first-order valence-corrected chi connectivity index (χ1v) is 26.3. The summed E-state index contributed by atoms with van der Waals surface area (Å²) in [5, 5.41) is 3.08. The second kappa shape index (κ2) is 19.6. The molecule has 0 saturated heterocycles. The van der Waals surface area contributed by atoms with Crippen LogP contribution in [0.5, 0.6) is 11.5 Å². The van der Waals surface area contributed by atoms with Crippen molar-refractivity contribution in [2.75, 3.05) is 21.8 Å². The number of hydrogen-bond donors (Lipinski definition) is 1. The van der Waals surface area contributed by atoms with Crippen LogP contribution in [0.15, 0.2) is 188 Å². The molecule has 0 amide bonds. The smallest absolute Gasteiger partial charge is 0.132 e. The maximum absolute atomic E-state index is 9.27. The largest absolute Gasteiger partial charge is 0.457 e. The second-order valence-electron chi connectivity index (χ2n) is 23.8. The Bertz CT molecular complexity index is 4380. The Labute approximate surface area is 479 Å². The quantitative estimate of drug-likeness (QED) is 0.148. The Balaban J connectivity index is 0.972. The molecule has 0 fully saturated rings. The molecule has 9 aromatic rings. The molecule has 1 aromatic heterocycles. The summed E-state index contributed by atoms with van der Waals surface area (Å²) in [5.41, 5.74) is 9.89. The van der Waals surface area contributed by atoms with Gasteiger partial charge < -0.3 is 19.9 Å². The van der Waals surface area contributed by atoms with Crippen molar-refractivity contribution in [1.29, 1.82) is 0 Å². The Morgan fingerprint density at radius 3 is 1.87 bits per heavy atom. The summed E-state index contributed by atoms with van der Waals surface area (Å²) in [7, 11) is 0. The van der Waals surface area contributed by atoms with Gasteiger partial charge in [-0.05, 0) is 146 Å². The van der Waals surface area contributed by atoms with E-state index in [-0.39, 0.29) is 91.7 Å². The van der Waals surface area contributed by atoms with Crippen molar-refractivity contribution >= 4 is 34.3 Å². The number of aryl methyl sites for hydroxylation is 2. The number of benzene rings is 8. The first-order chi connectivity index (χ1) is 42.9. The lowest BCUT2D eigenvalue weighted by molar-refractivity contribution is 0.332. The van der Waals surface area contributed by atoms with Crippen LogP contribution in [0, 0.1) is 13.7 Å². The Kier molecular flexibility index (Phi) is 9.21. The molecule has 77 heavy (non-hydrogen) atoms. The van der Waals surface area contributed by atoms with Crippen molar-refractivity contribution in [2.45, 2.75) is 117 Å². The first-order valence-electron chi connectivity index (χ1n) is 33.8. The number of fused-ring (bicyclic) bond motifs is 2. The number of ether oxygens (including phenoxy) is 1. The number of hydrogen-bond acceptors (Lipinski definition) is 5. The van der Waals surface area contributed by atoms with Crippen LogP contribution >= 0.6 is 0 Å². The average molecular weight is 1030 g/mol. The summed E-state index contributed by atoms with van der Waals surface area (Å²) in [4.78, 5) is 8.73. The molecular formula is C72H74N4O. The maximum Gasteiger partial charge on any atom is 0.132 e. The number of pyridine rings is 1. The molecule has 5 heteroatoms. The van der Waals surface area contributed by atoms with Crippen molar-refractivity contribution in [3.05, 3.63) is 221 Å². The summed E-state index contributed by atoms with van der Waals surface area (Å²) in [6.45, 7) is 16.7. The third-order valence-corrected chi connectivity index (χ3v) is 15.5. The molecule has 0 unspecified atom stereocenters. The number of aromatic nitrogens is 1. The van der Waals surface area contributed by atoms with E-state index in [1.54, 1.807) is 42.5 Å². The molecule has 11 rings (SSSR count). The van der Waals surface area contributed by atoms with E-state index in [2.05, 4.69) is 115 Å². The van der Waals surface area contributed by atoms with E-state index in [9.17, 15) is 4.11 Å². The molecule has 0 saturated carbocycles. The number of para-hydroxylation sites is 4. The lowest BCUT2D eigenvalue weighted by Crippen LogP contribution is -2.33. The Morgan fingerprint density at radius 2 is 1.18 bits per heavy atom. The van der Waals surface area contributed by atoms with Gasteiger partial charge in [-0.2, -0.15) is 0 Å². The van der Waals surface area contributed by atoms with E-state index in [0.717, 1.165) is 52.0 Å². The van der Waals surface area contributed by atoms with Crippen molar-refractivity contribution in [2.24, 2.45) is 0 Å². The van der Waals surface area contributed by atoms with Crippen molar-refractivity contribution < 1.29 is 25.3 Å². The molecule has 2 heterocycles. The summed E-state index contributed by atoms with van der Waals surface area (Å²) in [6.07, 6.45) is 3.47. The van der Waals surface area contributed by atoms with E-state index in [4.69, 9.17) is 21.2 Å². The number of rotatable bonds is 10. The van der Waals surface area contributed by atoms with Gasteiger partial charge in [0.25, 0.3) is 0 Å². The topological polar surface area (TPSA) is 40.6 Å². The molecule has 388 valence electrons. The highest BCUT2D eigenvalue weighted by Gasteiger charge is 2.37. The second-order valence-corrected chi connectivity index (χ2v) is 23.8. The molecule has 1 aliphatic heterocycles. The summed E-state index contributed by atoms with van der Waals surface area (Å²) in [5.74, 6) is 0.255. The van der Waals surface area contributed by atoms with Crippen LogP contribution < -0.4 is 19.9 Å². The highest BCUT2D eigenvalue weighted by molar-refractivity contribution is 5.99. The molecule has 0 spiro atoms.